The van der Waals surface area contributed by atoms with Crippen molar-refractivity contribution in [2.45, 2.75) is 11.4 Å². The molecule has 4 nitrogen and oxygen atoms in total. The minimum absolute atomic E-state index is 0.0926. The topological polar surface area (TPSA) is 41.6 Å². The molecule has 2 aromatic carbocycles. The highest BCUT2D eigenvalue weighted by Gasteiger charge is 2.10. The average Bonchev–Trinajstić information content (AvgIpc) is 2.68. The van der Waals surface area contributed by atoms with Gasteiger partial charge in [-0.15, -0.1) is 0 Å². The number of ether oxygens (including phenoxy) is 1. The molecule has 3 rings (SSSR count). The third-order valence-electron chi connectivity index (χ3n) is 4.05. The van der Waals surface area contributed by atoms with Gasteiger partial charge in [-0.1, -0.05) is 28.1 Å². The van der Waals surface area contributed by atoms with Crippen molar-refractivity contribution < 1.29 is 9.53 Å². The van der Waals surface area contributed by atoms with E-state index in [9.17, 15) is 4.79 Å². The van der Waals surface area contributed by atoms with Crippen LogP contribution in [0.3, 0.4) is 0 Å². The molecule has 0 unspecified atom stereocenters. The van der Waals surface area contributed by atoms with Gasteiger partial charge in [-0.3, -0.25) is 9.69 Å². The molecule has 1 aliphatic rings. The molecular formula is C19H21BrN2O2S. The molecule has 0 bridgehead atoms. The second-order valence-corrected chi connectivity index (χ2v) is 7.31. The number of hydrogen-bond donors (Lipinski definition) is 1. The first-order valence-corrected chi connectivity index (χ1v) is 10.2. The number of Topliss-reactive ketones (excluding diaryl/α,β-unsaturated/α-hetero) is 1. The van der Waals surface area contributed by atoms with Crippen LogP contribution in [0, 0.1) is 0 Å². The van der Waals surface area contributed by atoms with E-state index in [2.05, 4.69) is 49.8 Å². The first kappa shape index (κ1) is 18.5. The van der Waals surface area contributed by atoms with Crippen LogP contribution in [0.1, 0.15) is 15.9 Å². The fourth-order valence-electron chi connectivity index (χ4n) is 2.60. The summed E-state index contributed by atoms with van der Waals surface area (Å²) in [4.78, 5) is 15.2. The predicted octanol–water partition coefficient (Wildman–Crippen LogP) is 4.22. The maximum absolute atomic E-state index is 11.6. The molecule has 25 heavy (non-hydrogen) atoms. The quantitative estimate of drug-likeness (QED) is 0.412. The van der Waals surface area contributed by atoms with E-state index in [4.69, 9.17) is 4.74 Å². The summed E-state index contributed by atoms with van der Waals surface area (Å²) in [5.41, 5.74) is 3.03. The number of halogens is 1. The van der Waals surface area contributed by atoms with Gasteiger partial charge in [0.1, 0.15) is 0 Å². The second kappa shape index (κ2) is 9.38. The van der Waals surface area contributed by atoms with Crippen LogP contribution in [-0.4, -0.2) is 42.3 Å². The lowest BCUT2D eigenvalue weighted by atomic mass is 10.1. The monoisotopic (exact) mass is 420 g/mol. The summed E-state index contributed by atoms with van der Waals surface area (Å²) < 4.78 is 8.70. The molecule has 0 radical (unpaired) electrons. The summed E-state index contributed by atoms with van der Waals surface area (Å²) >= 11 is 4.76. The third-order valence-corrected chi connectivity index (χ3v) is 5.40. The Kier molecular flexibility index (Phi) is 6.93. The lowest BCUT2D eigenvalue weighted by molar-refractivity contribution is 0.0342. The Morgan fingerprint density at radius 1 is 1.08 bits per heavy atom. The van der Waals surface area contributed by atoms with Crippen molar-refractivity contribution in [3.05, 3.63) is 59.7 Å². The van der Waals surface area contributed by atoms with Gasteiger partial charge in [-0.25, -0.2) is 0 Å². The van der Waals surface area contributed by atoms with Gasteiger partial charge in [0, 0.05) is 35.8 Å². The number of nitrogens with one attached hydrogen (secondary N) is 1. The van der Waals surface area contributed by atoms with E-state index in [0.717, 1.165) is 49.0 Å². The van der Waals surface area contributed by atoms with Gasteiger partial charge in [0.25, 0.3) is 0 Å². The lowest BCUT2D eigenvalue weighted by Gasteiger charge is -2.26. The molecular weight excluding hydrogens is 400 g/mol. The molecule has 132 valence electrons. The summed E-state index contributed by atoms with van der Waals surface area (Å²) in [5, 5.41) is 0.353. The Morgan fingerprint density at radius 3 is 2.40 bits per heavy atom. The van der Waals surface area contributed by atoms with E-state index in [1.807, 2.05) is 24.3 Å². The number of morpholine rings is 1. The first-order chi connectivity index (χ1) is 12.2. The third kappa shape index (κ3) is 5.57. The van der Waals surface area contributed by atoms with Crippen LogP contribution in [0.4, 0.5) is 5.69 Å². The minimum Gasteiger partial charge on any atom is -0.379 e. The van der Waals surface area contributed by atoms with E-state index < -0.39 is 0 Å². The van der Waals surface area contributed by atoms with Crippen LogP contribution < -0.4 is 4.72 Å². The van der Waals surface area contributed by atoms with Crippen molar-refractivity contribution in [3.63, 3.8) is 0 Å². The molecule has 0 aliphatic carbocycles. The van der Waals surface area contributed by atoms with Gasteiger partial charge in [0.15, 0.2) is 5.78 Å². The molecule has 0 atom stereocenters. The van der Waals surface area contributed by atoms with Gasteiger partial charge in [-0.2, -0.15) is 0 Å². The standard InChI is InChI=1S/C19H21BrN2O2S/c20-13-19(23)16-3-5-17(6-4-16)21-25-18-7-1-15(2-8-18)14-22-9-11-24-12-10-22/h1-8,21H,9-14H2. The van der Waals surface area contributed by atoms with Crippen LogP contribution in [0.15, 0.2) is 53.4 Å². The summed E-state index contributed by atoms with van der Waals surface area (Å²) in [5.74, 6) is 0.0926. The van der Waals surface area contributed by atoms with Gasteiger partial charge in [-0.05, 0) is 53.9 Å². The number of hydrogen-bond acceptors (Lipinski definition) is 5. The predicted molar refractivity (Wildman–Crippen MR) is 107 cm³/mol. The fraction of sp³-hybridized carbons (Fsp3) is 0.316. The molecule has 6 heteroatoms. The molecule has 2 aromatic rings. The van der Waals surface area contributed by atoms with Crippen molar-refractivity contribution in [3.8, 4) is 0 Å². The van der Waals surface area contributed by atoms with E-state index >= 15 is 0 Å². The maximum atomic E-state index is 11.6. The van der Waals surface area contributed by atoms with Gasteiger partial charge >= 0.3 is 0 Å². The normalized spacial score (nSPS) is 15.1. The van der Waals surface area contributed by atoms with E-state index in [0.29, 0.717) is 5.33 Å². The molecule has 0 spiro atoms. The second-order valence-electron chi connectivity index (χ2n) is 5.87. The van der Waals surface area contributed by atoms with Crippen LogP contribution >= 0.6 is 27.9 Å². The number of carbonyl (C=O) groups is 1. The van der Waals surface area contributed by atoms with Crippen molar-refractivity contribution in [1.82, 2.24) is 4.90 Å². The fourth-order valence-corrected chi connectivity index (χ4v) is 3.57. The van der Waals surface area contributed by atoms with E-state index in [1.54, 1.807) is 11.9 Å². The summed E-state index contributed by atoms with van der Waals surface area (Å²) in [7, 11) is 0. The zero-order valence-electron chi connectivity index (χ0n) is 13.9. The van der Waals surface area contributed by atoms with Crippen molar-refractivity contribution >= 4 is 39.3 Å². The van der Waals surface area contributed by atoms with Crippen LogP contribution in [0.2, 0.25) is 0 Å². The zero-order valence-corrected chi connectivity index (χ0v) is 16.3. The number of ketones is 1. The molecule has 1 heterocycles. The number of alkyl halides is 1. The maximum Gasteiger partial charge on any atom is 0.173 e. The van der Waals surface area contributed by atoms with Crippen LogP contribution in [0.25, 0.3) is 0 Å². The molecule has 1 saturated heterocycles. The number of benzene rings is 2. The SMILES string of the molecule is O=C(CBr)c1ccc(NSc2ccc(CN3CCOCC3)cc2)cc1. The van der Waals surface area contributed by atoms with Crippen molar-refractivity contribution in [2.75, 3.05) is 36.4 Å². The van der Waals surface area contributed by atoms with Gasteiger partial charge in [0.05, 0.1) is 18.5 Å². The Morgan fingerprint density at radius 2 is 1.76 bits per heavy atom. The number of anilines is 1. The highest BCUT2D eigenvalue weighted by molar-refractivity contribution is 9.09. The first-order valence-electron chi connectivity index (χ1n) is 8.26. The molecule has 0 aromatic heterocycles. The zero-order chi connectivity index (χ0) is 17.5. The summed E-state index contributed by atoms with van der Waals surface area (Å²) in [6.45, 7) is 4.65. The molecule has 1 fully saturated rings. The summed E-state index contributed by atoms with van der Waals surface area (Å²) in [6, 6.07) is 16.2. The highest BCUT2D eigenvalue weighted by atomic mass is 79.9. The number of rotatable bonds is 7. The number of carbonyl (C=O) groups excluding carboxylic acids is 1. The van der Waals surface area contributed by atoms with Crippen molar-refractivity contribution in [1.29, 1.82) is 0 Å². The van der Waals surface area contributed by atoms with E-state index in [-0.39, 0.29) is 5.78 Å². The molecule has 0 saturated carbocycles. The average molecular weight is 421 g/mol. The van der Waals surface area contributed by atoms with Crippen LogP contribution in [-0.2, 0) is 11.3 Å². The highest BCUT2D eigenvalue weighted by Crippen LogP contribution is 2.22. The Balaban J connectivity index is 1.50. The smallest absolute Gasteiger partial charge is 0.173 e. The van der Waals surface area contributed by atoms with Crippen LogP contribution in [0.5, 0.6) is 0 Å². The summed E-state index contributed by atoms with van der Waals surface area (Å²) in [6.07, 6.45) is 0. The Bertz CT molecular complexity index is 686. The Labute approximate surface area is 161 Å². The number of nitrogens with zero attached hydrogens (tertiary/aromatic N) is 1. The van der Waals surface area contributed by atoms with Gasteiger partial charge in [0.2, 0.25) is 0 Å². The van der Waals surface area contributed by atoms with E-state index in [1.165, 1.54) is 5.56 Å². The molecule has 1 aliphatic heterocycles. The largest absolute Gasteiger partial charge is 0.379 e. The Hall–Kier alpha value is -1.34. The van der Waals surface area contributed by atoms with Gasteiger partial charge < -0.3 is 9.46 Å². The van der Waals surface area contributed by atoms with Crippen molar-refractivity contribution in [2.24, 2.45) is 0 Å². The molecule has 0 amide bonds. The lowest BCUT2D eigenvalue weighted by Crippen LogP contribution is -2.35. The minimum atomic E-state index is 0.0926. The molecule has 1 N–H and O–H groups in total.